The zero-order chi connectivity index (χ0) is 11.3. The summed E-state index contributed by atoms with van der Waals surface area (Å²) in [6, 6.07) is 7.45. The Balaban J connectivity index is 2.65. The summed E-state index contributed by atoms with van der Waals surface area (Å²) in [6.07, 6.45) is 4.35. The number of hydrogen-bond acceptors (Lipinski definition) is 2. The molecule has 0 aliphatic heterocycles. The minimum Gasteiger partial charge on any atom is -0.399 e. The molecule has 2 N–H and O–H groups in total. The van der Waals surface area contributed by atoms with E-state index >= 15 is 0 Å². The molecule has 0 aromatic heterocycles. The fourth-order valence-electron chi connectivity index (χ4n) is 1.15. The smallest absolute Gasteiger partial charge is 0.158 e. The number of carbonyl (C=O) groups excluding carboxylic acids is 1. The van der Waals surface area contributed by atoms with Crippen LogP contribution in [0.4, 0.5) is 5.69 Å². The number of carbonyl (C=O) groups is 1. The minimum atomic E-state index is 0.107. The molecule has 1 atom stereocenters. The number of rotatable bonds is 4. The molecule has 0 saturated carbocycles. The van der Waals surface area contributed by atoms with Crippen LogP contribution in [0, 0.1) is 5.92 Å². The van der Waals surface area contributed by atoms with Crippen LogP contribution in [0.15, 0.2) is 30.3 Å². The van der Waals surface area contributed by atoms with Crippen LogP contribution in [0.5, 0.6) is 0 Å². The predicted molar refractivity (Wildman–Crippen MR) is 64.4 cm³/mol. The molecular formula is C13H17NO. The first-order valence-corrected chi connectivity index (χ1v) is 5.21. The summed E-state index contributed by atoms with van der Waals surface area (Å²) in [6.45, 7) is 3.95. The Bertz CT molecular complexity index is 351. The molecular weight excluding hydrogens is 186 g/mol. The quantitative estimate of drug-likeness (QED) is 0.604. The van der Waals surface area contributed by atoms with Crippen LogP contribution in [-0.2, 0) is 4.79 Å². The van der Waals surface area contributed by atoms with Crippen LogP contribution in [-0.4, -0.2) is 5.78 Å². The van der Waals surface area contributed by atoms with E-state index in [2.05, 4.69) is 0 Å². The van der Waals surface area contributed by atoms with E-state index in [-0.39, 0.29) is 11.7 Å². The number of nitrogens with two attached hydrogens (primary N) is 1. The minimum absolute atomic E-state index is 0.107. The number of anilines is 1. The molecule has 1 aromatic carbocycles. The van der Waals surface area contributed by atoms with Gasteiger partial charge in [-0.2, -0.15) is 0 Å². The molecule has 0 amide bonds. The fraction of sp³-hybridized carbons (Fsp3) is 0.308. The molecule has 2 heteroatoms. The van der Waals surface area contributed by atoms with E-state index in [1.165, 1.54) is 0 Å². The standard InChI is InChI=1S/C13H17NO/c1-3-10(2)13(15)9-6-11-4-7-12(14)8-5-11/h4-10H,3,14H2,1-2H3/b9-6+. The molecule has 1 aromatic rings. The van der Waals surface area contributed by atoms with Gasteiger partial charge >= 0.3 is 0 Å². The van der Waals surface area contributed by atoms with E-state index in [9.17, 15) is 4.79 Å². The molecule has 80 valence electrons. The van der Waals surface area contributed by atoms with Crippen molar-refractivity contribution >= 4 is 17.5 Å². The average Bonchev–Trinajstić information content (AvgIpc) is 2.26. The van der Waals surface area contributed by atoms with Gasteiger partial charge in [-0.3, -0.25) is 4.79 Å². The van der Waals surface area contributed by atoms with Gasteiger partial charge in [-0.1, -0.05) is 32.1 Å². The van der Waals surface area contributed by atoms with Crippen molar-refractivity contribution in [1.29, 1.82) is 0 Å². The largest absolute Gasteiger partial charge is 0.399 e. The zero-order valence-electron chi connectivity index (χ0n) is 9.23. The Morgan fingerprint density at radius 3 is 2.53 bits per heavy atom. The van der Waals surface area contributed by atoms with Crippen LogP contribution in [0.3, 0.4) is 0 Å². The lowest BCUT2D eigenvalue weighted by Gasteiger charge is -2.01. The molecule has 2 nitrogen and oxygen atoms in total. The van der Waals surface area contributed by atoms with Crippen molar-refractivity contribution in [2.45, 2.75) is 20.3 Å². The van der Waals surface area contributed by atoms with Crippen LogP contribution in [0.1, 0.15) is 25.8 Å². The summed E-state index contributed by atoms with van der Waals surface area (Å²) >= 11 is 0. The second-order valence-electron chi connectivity index (χ2n) is 3.71. The van der Waals surface area contributed by atoms with Gasteiger partial charge in [0, 0.05) is 11.6 Å². The highest BCUT2D eigenvalue weighted by Gasteiger charge is 2.05. The average molecular weight is 203 g/mol. The second-order valence-corrected chi connectivity index (χ2v) is 3.71. The third-order valence-electron chi connectivity index (χ3n) is 2.47. The highest BCUT2D eigenvalue weighted by Crippen LogP contribution is 2.09. The summed E-state index contributed by atoms with van der Waals surface area (Å²) in [7, 11) is 0. The summed E-state index contributed by atoms with van der Waals surface area (Å²) in [4.78, 5) is 11.5. The maximum absolute atomic E-state index is 11.5. The molecule has 1 rings (SSSR count). The van der Waals surface area contributed by atoms with Crippen molar-refractivity contribution in [2.24, 2.45) is 5.92 Å². The van der Waals surface area contributed by atoms with Gasteiger partial charge in [0.05, 0.1) is 0 Å². The molecule has 0 heterocycles. The lowest BCUT2D eigenvalue weighted by atomic mass is 10.0. The van der Waals surface area contributed by atoms with Gasteiger partial charge in [-0.05, 0) is 30.2 Å². The second kappa shape index (κ2) is 5.35. The van der Waals surface area contributed by atoms with Crippen molar-refractivity contribution in [3.63, 3.8) is 0 Å². The lowest BCUT2D eigenvalue weighted by molar-refractivity contribution is -0.117. The summed E-state index contributed by atoms with van der Waals surface area (Å²) in [5.41, 5.74) is 7.30. The topological polar surface area (TPSA) is 43.1 Å². The van der Waals surface area contributed by atoms with Crippen LogP contribution in [0.25, 0.3) is 6.08 Å². The first kappa shape index (κ1) is 11.5. The van der Waals surface area contributed by atoms with Gasteiger partial charge in [-0.25, -0.2) is 0 Å². The van der Waals surface area contributed by atoms with E-state index in [1.807, 2.05) is 44.2 Å². The number of hydrogen-bond donors (Lipinski definition) is 1. The highest BCUT2D eigenvalue weighted by molar-refractivity contribution is 5.95. The molecule has 0 aliphatic rings. The van der Waals surface area contributed by atoms with Gasteiger partial charge in [0.15, 0.2) is 5.78 Å². The maximum Gasteiger partial charge on any atom is 0.158 e. The summed E-state index contributed by atoms with van der Waals surface area (Å²) < 4.78 is 0. The summed E-state index contributed by atoms with van der Waals surface area (Å²) in [5, 5.41) is 0. The molecule has 0 radical (unpaired) electrons. The molecule has 0 spiro atoms. The van der Waals surface area contributed by atoms with Crippen molar-refractivity contribution in [2.75, 3.05) is 5.73 Å². The van der Waals surface area contributed by atoms with E-state index in [0.29, 0.717) is 0 Å². The van der Waals surface area contributed by atoms with E-state index in [1.54, 1.807) is 6.08 Å². The Morgan fingerprint density at radius 2 is 2.00 bits per heavy atom. The normalized spacial score (nSPS) is 12.9. The third kappa shape index (κ3) is 3.58. The number of allylic oxidation sites excluding steroid dienone is 1. The van der Waals surface area contributed by atoms with E-state index < -0.39 is 0 Å². The zero-order valence-corrected chi connectivity index (χ0v) is 9.23. The first-order chi connectivity index (χ1) is 7.13. The Morgan fingerprint density at radius 1 is 1.40 bits per heavy atom. The molecule has 0 saturated heterocycles. The molecule has 15 heavy (non-hydrogen) atoms. The number of ketones is 1. The van der Waals surface area contributed by atoms with Crippen molar-refractivity contribution < 1.29 is 4.79 Å². The van der Waals surface area contributed by atoms with Gasteiger partial charge in [0.1, 0.15) is 0 Å². The highest BCUT2D eigenvalue weighted by atomic mass is 16.1. The molecule has 0 bridgehead atoms. The van der Waals surface area contributed by atoms with E-state index in [4.69, 9.17) is 5.73 Å². The van der Waals surface area contributed by atoms with Gasteiger partial charge in [0.25, 0.3) is 0 Å². The molecule has 0 aliphatic carbocycles. The van der Waals surface area contributed by atoms with Crippen molar-refractivity contribution in [3.05, 3.63) is 35.9 Å². The fourth-order valence-corrected chi connectivity index (χ4v) is 1.15. The Hall–Kier alpha value is -1.57. The maximum atomic E-state index is 11.5. The van der Waals surface area contributed by atoms with Gasteiger partial charge in [-0.15, -0.1) is 0 Å². The third-order valence-corrected chi connectivity index (χ3v) is 2.47. The van der Waals surface area contributed by atoms with E-state index in [0.717, 1.165) is 17.7 Å². The lowest BCUT2D eigenvalue weighted by Crippen LogP contribution is -2.05. The number of nitrogen functional groups attached to an aromatic ring is 1. The molecule has 0 fully saturated rings. The van der Waals surface area contributed by atoms with Crippen molar-refractivity contribution in [1.82, 2.24) is 0 Å². The van der Waals surface area contributed by atoms with Crippen LogP contribution >= 0.6 is 0 Å². The Kier molecular flexibility index (Phi) is 4.10. The predicted octanol–water partition coefficient (Wildman–Crippen LogP) is 2.90. The van der Waals surface area contributed by atoms with Gasteiger partial charge in [0.2, 0.25) is 0 Å². The number of benzene rings is 1. The van der Waals surface area contributed by atoms with Crippen molar-refractivity contribution in [3.8, 4) is 0 Å². The molecule has 1 unspecified atom stereocenters. The van der Waals surface area contributed by atoms with Crippen LogP contribution < -0.4 is 5.73 Å². The SMILES string of the molecule is CCC(C)C(=O)/C=C/c1ccc(N)cc1. The Labute approximate surface area is 90.8 Å². The summed E-state index contributed by atoms with van der Waals surface area (Å²) in [5.74, 6) is 0.282. The first-order valence-electron chi connectivity index (χ1n) is 5.21. The van der Waals surface area contributed by atoms with Crippen LogP contribution in [0.2, 0.25) is 0 Å². The van der Waals surface area contributed by atoms with Gasteiger partial charge < -0.3 is 5.73 Å². The monoisotopic (exact) mass is 203 g/mol.